The van der Waals surface area contributed by atoms with Crippen molar-refractivity contribution >= 4 is 15.9 Å². The lowest BCUT2D eigenvalue weighted by molar-refractivity contribution is 0.0950. The zero-order chi connectivity index (χ0) is 24.3. The molecule has 0 spiro atoms. The third-order valence-electron chi connectivity index (χ3n) is 5.88. The van der Waals surface area contributed by atoms with E-state index >= 15 is 0 Å². The molecule has 0 heterocycles. The van der Waals surface area contributed by atoms with Crippen molar-refractivity contribution in [2.24, 2.45) is 0 Å². The number of amides is 1. The second kappa shape index (κ2) is 10.1. The molecule has 1 fully saturated rings. The van der Waals surface area contributed by atoms with Gasteiger partial charge in [0.05, 0.1) is 4.90 Å². The minimum absolute atomic E-state index is 0.0111. The van der Waals surface area contributed by atoms with Crippen molar-refractivity contribution in [3.63, 3.8) is 0 Å². The average Bonchev–Trinajstić information content (AvgIpc) is 3.61. The van der Waals surface area contributed by atoms with Crippen LogP contribution in [0.25, 0.3) is 11.1 Å². The normalized spacial score (nSPS) is 13.8. The molecule has 0 atom stereocenters. The van der Waals surface area contributed by atoms with E-state index in [4.69, 9.17) is 0 Å². The van der Waals surface area contributed by atoms with Crippen molar-refractivity contribution in [2.75, 3.05) is 14.1 Å². The van der Waals surface area contributed by atoms with Crippen LogP contribution in [0.1, 0.15) is 39.9 Å². The van der Waals surface area contributed by atoms with Gasteiger partial charge in [0.2, 0.25) is 10.0 Å². The minimum atomic E-state index is -3.62. The lowest BCUT2D eigenvalue weighted by Gasteiger charge is -2.14. The first kappa shape index (κ1) is 24.1. The highest BCUT2D eigenvalue weighted by atomic mass is 32.2. The number of aryl methyl sites for hydroxylation is 1. The molecular weight excluding hydrogens is 446 g/mol. The maximum Gasteiger partial charge on any atom is 0.251 e. The highest BCUT2D eigenvalue weighted by Crippen LogP contribution is 2.25. The van der Waals surface area contributed by atoms with E-state index in [1.165, 1.54) is 11.6 Å². The molecule has 0 aliphatic heterocycles. The summed E-state index contributed by atoms with van der Waals surface area (Å²) in [5.41, 5.74) is 5.47. The predicted molar refractivity (Wildman–Crippen MR) is 135 cm³/mol. The van der Waals surface area contributed by atoms with E-state index in [1.54, 1.807) is 12.1 Å². The van der Waals surface area contributed by atoms with E-state index < -0.39 is 10.0 Å². The zero-order valence-corrected chi connectivity index (χ0v) is 20.7. The van der Waals surface area contributed by atoms with Crippen molar-refractivity contribution < 1.29 is 13.2 Å². The number of nitrogens with one attached hydrogen (secondary N) is 2. The van der Waals surface area contributed by atoms with Crippen LogP contribution in [-0.4, -0.2) is 39.4 Å². The number of hydrogen-bond acceptors (Lipinski definition) is 4. The van der Waals surface area contributed by atoms with Crippen molar-refractivity contribution in [1.29, 1.82) is 0 Å². The van der Waals surface area contributed by atoms with Crippen LogP contribution in [0.3, 0.4) is 0 Å². The minimum Gasteiger partial charge on any atom is -0.348 e. The van der Waals surface area contributed by atoms with Gasteiger partial charge in [-0.1, -0.05) is 54.6 Å². The average molecular weight is 478 g/mol. The van der Waals surface area contributed by atoms with Gasteiger partial charge in [-0.05, 0) is 73.8 Å². The number of sulfonamides is 1. The van der Waals surface area contributed by atoms with Crippen LogP contribution in [0, 0.1) is 6.92 Å². The van der Waals surface area contributed by atoms with Gasteiger partial charge in [-0.25, -0.2) is 13.1 Å². The molecule has 34 heavy (non-hydrogen) atoms. The van der Waals surface area contributed by atoms with E-state index in [0.29, 0.717) is 12.1 Å². The van der Waals surface area contributed by atoms with Crippen molar-refractivity contribution in [2.45, 2.75) is 43.8 Å². The molecule has 0 radical (unpaired) electrons. The third kappa shape index (κ3) is 5.91. The van der Waals surface area contributed by atoms with Gasteiger partial charge in [-0.15, -0.1) is 0 Å². The summed E-state index contributed by atoms with van der Waals surface area (Å²) in [5, 5.41) is 2.97. The SMILES string of the molecule is Cc1ccc(S(=O)(=O)NC2CC2)cc1C(=O)NCc1ccccc1-c1ccc(CN(C)C)cc1. The molecule has 1 aliphatic rings. The molecule has 0 aromatic heterocycles. The van der Waals surface area contributed by atoms with Crippen molar-refractivity contribution in [3.05, 3.63) is 89.0 Å². The number of rotatable bonds is 9. The van der Waals surface area contributed by atoms with Gasteiger partial charge in [0, 0.05) is 24.7 Å². The van der Waals surface area contributed by atoms with E-state index in [0.717, 1.165) is 41.6 Å². The Morgan fingerprint density at radius 2 is 1.71 bits per heavy atom. The highest BCUT2D eigenvalue weighted by Gasteiger charge is 2.28. The van der Waals surface area contributed by atoms with Crippen LogP contribution in [-0.2, 0) is 23.1 Å². The summed E-state index contributed by atoms with van der Waals surface area (Å²) in [4.78, 5) is 15.3. The van der Waals surface area contributed by atoms with Crippen molar-refractivity contribution in [3.8, 4) is 11.1 Å². The Hall–Kier alpha value is -3.00. The predicted octanol–water partition coefficient (Wildman–Crippen LogP) is 4.09. The van der Waals surface area contributed by atoms with Gasteiger partial charge in [0.25, 0.3) is 5.91 Å². The Bertz CT molecular complexity index is 1280. The summed E-state index contributed by atoms with van der Waals surface area (Å²) in [7, 11) is 0.464. The molecule has 4 rings (SSSR count). The molecular formula is C27H31N3O3S. The van der Waals surface area contributed by atoms with E-state index in [9.17, 15) is 13.2 Å². The molecule has 7 heteroatoms. The van der Waals surface area contributed by atoms with Crippen LogP contribution in [0.2, 0.25) is 0 Å². The summed E-state index contributed by atoms with van der Waals surface area (Å²) in [5.74, 6) is -0.294. The number of carbonyl (C=O) groups excluding carboxylic acids is 1. The summed E-state index contributed by atoms with van der Waals surface area (Å²) < 4.78 is 27.8. The van der Waals surface area contributed by atoms with Gasteiger partial charge in [-0.2, -0.15) is 0 Å². The highest BCUT2D eigenvalue weighted by molar-refractivity contribution is 7.89. The Balaban J connectivity index is 1.50. The summed E-state index contributed by atoms with van der Waals surface area (Å²) >= 11 is 0. The Kier molecular flexibility index (Phi) is 7.16. The lowest BCUT2D eigenvalue weighted by atomic mass is 9.98. The zero-order valence-electron chi connectivity index (χ0n) is 19.8. The topological polar surface area (TPSA) is 78.5 Å². The molecule has 1 amide bonds. The van der Waals surface area contributed by atoms with E-state index in [1.807, 2.05) is 45.3 Å². The maximum atomic E-state index is 13.0. The molecule has 0 unspecified atom stereocenters. The van der Waals surface area contributed by atoms with Gasteiger partial charge >= 0.3 is 0 Å². The maximum absolute atomic E-state index is 13.0. The fourth-order valence-corrected chi connectivity index (χ4v) is 5.21. The molecule has 1 saturated carbocycles. The summed E-state index contributed by atoms with van der Waals surface area (Å²) in [6.07, 6.45) is 1.71. The van der Waals surface area contributed by atoms with Crippen LogP contribution in [0.5, 0.6) is 0 Å². The molecule has 0 saturated heterocycles. The largest absolute Gasteiger partial charge is 0.348 e. The monoisotopic (exact) mass is 477 g/mol. The number of hydrogen-bond donors (Lipinski definition) is 2. The molecule has 3 aromatic rings. The quantitative estimate of drug-likeness (QED) is 0.487. The second-order valence-electron chi connectivity index (χ2n) is 9.15. The van der Waals surface area contributed by atoms with Crippen molar-refractivity contribution in [1.82, 2.24) is 14.9 Å². The van der Waals surface area contributed by atoms with Gasteiger partial charge in [0.15, 0.2) is 0 Å². The molecule has 1 aliphatic carbocycles. The summed E-state index contributed by atoms with van der Waals surface area (Å²) in [6, 6.07) is 21.1. The third-order valence-corrected chi connectivity index (χ3v) is 7.40. The molecule has 3 aromatic carbocycles. The molecule has 0 bridgehead atoms. The first-order chi connectivity index (χ1) is 16.2. The Morgan fingerprint density at radius 3 is 2.38 bits per heavy atom. The van der Waals surface area contributed by atoms with Crippen LogP contribution < -0.4 is 10.0 Å². The fourth-order valence-electron chi connectivity index (χ4n) is 3.88. The van der Waals surface area contributed by atoms with Gasteiger partial charge in [0.1, 0.15) is 0 Å². The smallest absolute Gasteiger partial charge is 0.251 e. The van der Waals surface area contributed by atoms with Gasteiger partial charge < -0.3 is 10.2 Å². The molecule has 178 valence electrons. The van der Waals surface area contributed by atoms with E-state index in [-0.39, 0.29) is 16.8 Å². The van der Waals surface area contributed by atoms with Gasteiger partial charge in [-0.3, -0.25) is 4.79 Å². The van der Waals surface area contributed by atoms with Crippen LogP contribution >= 0.6 is 0 Å². The van der Waals surface area contributed by atoms with E-state index in [2.05, 4.69) is 39.2 Å². The fraction of sp³-hybridized carbons (Fsp3) is 0.296. The van der Waals surface area contributed by atoms with Crippen LogP contribution in [0.15, 0.2) is 71.6 Å². The standard InChI is InChI=1S/C27H31N3O3S/c1-19-8-15-24(34(32,33)29-23-13-14-23)16-26(19)27(31)28-17-22-6-4-5-7-25(22)21-11-9-20(10-12-21)18-30(2)3/h4-12,15-16,23,29H,13-14,17-18H2,1-3H3,(H,28,31). The first-order valence-corrected chi connectivity index (χ1v) is 12.9. The lowest BCUT2D eigenvalue weighted by Crippen LogP contribution is -2.27. The number of carbonyl (C=O) groups is 1. The first-order valence-electron chi connectivity index (χ1n) is 11.5. The summed E-state index contributed by atoms with van der Waals surface area (Å²) in [6.45, 7) is 3.02. The number of nitrogens with zero attached hydrogens (tertiary/aromatic N) is 1. The van der Waals surface area contributed by atoms with Crippen LogP contribution in [0.4, 0.5) is 0 Å². The number of benzene rings is 3. The Morgan fingerprint density at radius 1 is 1.00 bits per heavy atom. The molecule has 6 nitrogen and oxygen atoms in total. The second-order valence-corrected chi connectivity index (χ2v) is 10.9. The Labute approximate surface area is 202 Å². The molecule has 2 N–H and O–H groups in total.